The minimum atomic E-state index is -0.558. The number of rotatable bonds is 5. The molecule has 2 aromatic rings. The molecule has 168 valence electrons. The fourth-order valence-corrected chi connectivity index (χ4v) is 4.70. The summed E-state index contributed by atoms with van der Waals surface area (Å²) < 4.78 is 1.93. The lowest BCUT2D eigenvalue weighted by Crippen LogP contribution is -2.56. The topological polar surface area (TPSA) is 87.5 Å². The Morgan fingerprint density at radius 3 is 2.56 bits per heavy atom. The van der Waals surface area contributed by atoms with Gasteiger partial charge >= 0.3 is 0 Å². The standard InChI is InChI=1S/C23H26ClN5O3/c1-3-19(30)27-12-6-5-8-15(14-27)29-21-16(24)9-7-10-17(21)25-23(29)26-22(32)18-11-13-28(18)20(31)4-2/h3-4,7,9-10,15,18H,1-2,5-6,8,11-14H2,(H,25,26,32)/t15-,18?/m1/s1. The zero-order valence-corrected chi connectivity index (χ0v) is 18.6. The van der Waals surface area contributed by atoms with Crippen LogP contribution >= 0.6 is 11.6 Å². The van der Waals surface area contributed by atoms with Crippen molar-refractivity contribution in [3.05, 3.63) is 48.5 Å². The van der Waals surface area contributed by atoms with E-state index in [-0.39, 0.29) is 23.8 Å². The Labute approximate surface area is 191 Å². The van der Waals surface area contributed by atoms with Gasteiger partial charge in [-0.25, -0.2) is 4.98 Å². The highest BCUT2D eigenvalue weighted by Gasteiger charge is 2.37. The maximum absolute atomic E-state index is 13.0. The van der Waals surface area contributed by atoms with E-state index in [0.29, 0.717) is 42.5 Å². The van der Waals surface area contributed by atoms with Gasteiger partial charge in [0.05, 0.1) is 22.1 Å². The molecule has 0 radical (unpaired) electrons. The number of hydrogen-bond acceptors (Lipinski definition) is 4. The van der Waals surface area contributed by atoms with Gasteiger partial charge in [0.1, 0.15) is 6.04 Å². The van der Waals surface area contributed by atoms with Crippen LogP contribution in [-0.4, -0.2) is 62.7 Å². The van der Waals surface area contributed by atoms with Crippen molar-refractivity contribution in [1.29, 1.82) is 0 Å². The number of anilines is 1. The highest BCUT2D eigenvalue weighted by Crippen LogP contribution is 2.34. The molecular formula is C23H26ClN5O3. The largest absolute Gasteiger partial charge is 0.337 e. The maximum atomic E-state index is 13.0. The van der Waals surface area contributed by atoms with Gasteiger partial charge < -0.3 is 14.4 Å². The third kappa shape index (κ3) is 4.02. The highest BCUT2D eigenvalue weighted by atomic mass is 35.5. The summed E-state index contributed by atoms with van der Waals surface area (Å²) in [5.41, 5.74) is 1.38. The van der Waals surface area contributed by atoms with E-state index >= 15 is 0 Å². The Morgan fingerprint density at radius 2 is 1.88 bits per heavy atom. The van der Waals surface area contributed by atoms with Crippen LogP contribution in [0.15, 0.2) is 43.5 Å². The quantitative estimate of drug-likeness (QED) is 0.701. The first-order valence-corrected chi connectivity index (χ1v) is 11.1. The molecule has 3 amide bonds. The Hall–Kier alpha value is -3.13. The Kier molecular flexibility index (Phi) is 6.32. The van der Waals surface area contributed by atoms with Crippen molar-refractivity contribution in [2.24, 2.45) is 0 Å². The molecule has 0 spiro atoms. The molecule has 4 rings (SSSR count). The number of likely N-dealkylation sites (tertiary alicyclic amines) is 2. The molecular weight excluding hydrogens is 430 g/mol. The lowest BCUT2D eigenvalue weighted by molar-refractivity contribution is -0.141. The SMILES string of the molecule is C=CC(=O)N1CCCC[C@@H](n2c(NC(=O)C3CCN3C(=O)C=C)nc3cccc(Cl)c32)C1. The number of carbonyl (C=O) groups is 3. The molecule has 0 aliphatic carbocycles. The Bertz CT molecular complexity index is 1090. The second kappa shape index (κ2) is 9.16. The molecule has 0 saturated carbocycles. The number of nitrogens with one attached hydrogen (secondary N) is 1. The summed E-state index contributed by atoms with van der Waals surface area (Å²) in [7, 11) is 0. The van der Waals surface area contributed by atoms with Crippen molar-refractivity contribution in [2.75, 3.05) is 25.0 Å². The summed E-state index contributed by atoms with van der Waals surface area (Å²) in [6.45, 7) is 8.75. The average molecular weight is 456 g/mol. The molecule has 32 heavy (non-hydrogen) atoms. The van der Waals surface area contributed by atoms with E-state index < -0.39 is 6.04 Å². The van der Waals surface area contributed by atoms with Crippen molar-refractivity contribution < 1.29 is 14.4 Å². The van der Waals surface area contributed by atoms with E-state index in [2.05, 4.69) is 23.5 Å². The summed E-state index contributed by atoms with van der Waals surface area (Å²) in [4.78, 5) is 45.2. The molecule has 9 heteroatoms. The third-order valence-corrected chi connectivity index (χ3v) is 6.48. The number of nitrogens with zero attached hydrogens (tertiary/aromatic N) is 4. The van der Waals surface area contributed by atoms with Crippen molar-refractivity contribution in [2.45, 2.75) is 37.8 Å². The van der Waals surface area contributed by atoms with Gasteiger partial charge in [-0.15, -0.1) is 0 Å². The molecule has 2 aliphatic rings. The van der Waals surface area contributed by atoms with Crippen LogP contribution in [0, 0.1) is 0 Å². The molecule has 1 aromatic carbocycles. The maximum Gasteiger partial charge on any atom is 0.249 e. The fraction of sp³-hybridized carbons (Fsp3) is 0.391. The van der Waals surface area contributed by atoms with Gasteiger partial charge in [-0.2, -0.15) is 0 Å². The van der Waals surface area contributed by atoms with Crippen LogP contribution in [0.5, 0.6) is 0 Å². The smallest absolute Gasteiger partial charge is 0.249 e. The van der Waals surface area contributed by atoms with E-state index in [1.165, 1.54) is 17.1 Å². The number of fused-ring (bicyclic) bond motifs is 1. The lowest BCUT2D eigenvalue weighted by Gasteiger charge is -2.39. The van der Waals surface area contributed by atoms with Crippen LogP contribution in [-0.2, 0) is 14.4 Å². The predicted octanol–water partition coefficient (Wildman–Crippen LogP) is 3.15. The third-order valence-electron chi connectivity index (χ3n) is 6.17. The number of hydrogen-bond donors (Lipinski definition) is 1. The molecule has 8 nitrogen and oxygen atoms in total. The number of imidazole rings is 1. The minimum Gasteiger partial charge on any atom is -0.337 e. The van der Waals surface area contributed by atoms with Gasteiger partial charge in [0, 0.05) is 19.6 Å². The van der Waals surface area contributed by atoms with Crippen molar-refractivity contribution in [3.8, 4) is 0 Å². The predicted molar refractivity (Wildman–Crippen MR) is 123 cm³/mol. The summed E-state index contributed by atoms with van der Waals surface area (Å²) in [6, 6.07) is 4.76. The number of para-hydroxylation sites is 1. The van der Waals surface area contributed by atoms with Gasteiger partial charge in [-0.1, -0.05) is 30.8 Å². The first kappa shape index (κ1) is 22.1. The van der Waals surface area contributed by atoms with E-state index in [9.17, 15) is 14.4 Å². The van der Waals surface area contributed by atoms with E-state index in [0.717, 1.165) is 24.8 Å². The van der Waals surface area contributed by atoms with E-state index in [1.54, 1.807) is 11.0 Å². The summed E-state index contributed by atoms with van der Waals surface area (Å²) in [5, 5.41) is 3.44. The average Bonchev–Trinajstić information content (AvgIpc) is 2.94. The first-order chi connectivity index (χ1) is 15.4. The normalized spacial score (nSPS) is 20.9. The molecule has 2 atom stereocenters. The number of halogens is 1. The summed E-state index contributed by atoms with van der Waals surface area (Å²) in [6.07, 6.45) is 5.74. The molecule has 2 aliphatic heterocycles. The minimum absolute atomic E-state index is 0.117. The molecule has 0 bridgehead atoms. The van der Waals surface area contributed by atoms with Crippen molar-refractivity contribution in [3.63, 3.8) is 0 Å². The number of carbonyl (C=O) groups excluding carboxylic acids is 3. The van der Waals surface area contributed by atoms with E-state index in [4.69, 9.17) is 11.6 Å². The second-order valence-electron chi connectivity index (χ2n) is 8.08. The van der Waals surface area contributed by atoms with Gasteiger partial charge in [0.25, 0.3) is 0 Å². The number of amides is 3. The molecule has 2 saturated heterocycles. The fourth-order valence-electron chi connectivity index (χ4n) is 4.44. The van der Waals surface area contributed by atoms with Crippen LogP contribution in [0.25, 0.3) is 11.0 Å². The zero-order chi connectivity index (χ0) is 22.8. The van der Waals surface area contributed by atoms with Gasteiger partial charge in [-0.3, -0.25) is 19.7 Å². The van der Waals surface area contributed by atoms with Gasteiger partial charge in [0.2, 0.25) is 23.7 Å². The van der Waals surface area contributed by atoms with Crippen LogP contribution in [0.2, 0.25) is 5.02 Å². The molecule has 3 heterocycles. The van der Waals surface area contributed by atoms with Crippen LogP contribution in [0.3, 0.4) is 0 Å². The molecule has 1 unspecified atom stereocenters. The molecule has 1 N–H and O–H groups in total. The number of benzene rings is 1. The van der Waals surface area contributed by atoms with E-state index in [1.807, 2.05) is 16.7 Å². The van der Waals surface area contributed by atoms with Gasteiger partial charge in [0.15, 0.2) is 0 Å². The van der Waals surface area contributed by atoms with Crippen LogP contribution < -0.4 is 5.32 Å². The summed E-state index contributed by atoms with van der Waals surface area (Å²) >= 11 is 6.55. The van der Waals surface area contributed by atoms with Crippen LogP contribution in [0.4, 0.5) is 5.95 Å². The lowest BCUT2D eigenvalue weighted by atomic mass is 10.0. The molecule has 1 aromatic heterocycles. The number of aromatic nitrogens is 2. The summed E-state index contributed by atoms with van der Waals surface area (Å²) in [5.74, 6) is -0.318. The van der Waals surface area contributed by atoms with Gasteiger partial charge in [-0.05, 0) is 50.0 Å². The van der Waals surface area contributed by atoms with Crippen molar-refractivity contribution in [1.82, 2.24) is 19.4 Å². The first-order valence-electron chi connectivity index (χ1n) is 10.8. The molecule has 2 fully saturated rings. The Morgan fingerprint density at radius 1 is 1.09 bits per heavy atom. The van der Waals surface area contributed by atoms with Crippen molar-refractivity contribution >= 4 is 46.3 Å². The monoisotopic (exact) mass is 455 g/mol. The Balaban J connectivity index is 1.70. The van der Waals surface area contributed by atoms with Crippen LogP contribution in [0.1, 0.15) is 31.7 Å². The highest BCUT2D eigenvalue weighted by molar-refractivity contribution is 6.35. The second-order valence-corrected chi connectivity index (χ2v) is 8.49. The zero-order valence-electron chi connectivity index (χ0n) is 17.8.